The van der Waals surface area contributed by atoms with Crippen LogP contribution >= 0.6 is 0 Å². The van der Waals surface area contributed by atoms with Crippen LogP contribution in [0.25, 0.3) is 0 Å². The van der Waals surface area contributed by atoms with Crippen LogP contribution in [0.1, 0.15) is 56.2 Å². The molecule has 2 aliphatic carbocycles. The van der Waals surface area contributed by atoms with Crippen LogP contribution in [0.2, 0.25) is 0 Å². The van der Waals surface area contributed by atoms with E-state index in [1.54, 1.807) is 0 Å². The van der Waals surface area contributed by atoms with Gasteiger partial charge in [0.15, 0.2) is 5.82 Å². The quantitative estimate of drug-likeness (QED) is 0.820. The first kappa shape index (κ1) is 9.33. The molecule has 0 atom stereocenters. The SMILES string of the molecule is C1CCC(c2noc(CNC3CC3)n2)C1. The normalized spacial score (nSPS) is 22.4. The summed E-state index contributed by atoms with van der Waals surface area (Å²) in [5, 5.41) is 7.45. The highest BCUT2D eigenvalue weighted by Crippen LogP contribution is 2.32. The van der Waals surface area contributed by atoms with E-state index in [1.165, 1.54) is 38.5 Å². The van der Waals surface area contributed by atoms with Crippen molar-refractivity contribution in [2.45, 2.75) is 57.0 Å². The van der Waals surface area contributed by atoms with Crippen LogP contribution in [0.3, 0.4) is 0 Å². The summed E-state index contributed by atoms with van der Waals surface area (Å²) >= 11 is 0. The first-order valence-electron chi connectivity index (χ1n) is 5.97. The predicted molar refractivity (Wildman–Crippen MR) is 55.4 cm³/mol. The molecule has 2 saturated carbocycles. The second kappa shape index (κ2) is 3.93. The first-order valence-corrected chi connectivity index (χ1v) is 5.97. The molecule has 0 aromatic carbocycles. The lowest BCUT2D eigenvalue weighted by molar-refractivity contribution is 0.359. The highest BCUT2D eigenvalue weighted by Gasteiger charge is 2.24. The van der Waals surface area contributed by atoms with Gasteiger partial charge in [0, 0.05) is 12.0 Å². The standard InChI is InChI=1S/C11H17N3O/c1-2-4-8(3-1)11-13-10(15-14-11)7-12-9-5-6-9/h8-9,12H,1-7H2. The van der Waals surface area contributed by atoms with Crippen LogP contribution in [0.5, 0.6) is 0 Å². The zero-order valence-electron chi connectivity index (χ0n) is 8.91. The summed E-state index contributed by atoms with van der Waals surface area (Å²) in [6.07, 6.45) is 7.68. The van der Waals surface area contributed by atoms with Crippen LogP contribution in [0, 0.1) is 0 Å². The second-order valence-corrected chi connectivity index (χ2v) is 4.68. The Morgan fingerprint density at radius 3 is 2.73 bits per heavy atom. The third-order valence-corrected chi connectivity index (χ3v) is 3.32. The topological polar surface area (TPSA) is 51.0 Å². The minimum absolute atomic E-state index is 0.559. The summed E-state index contributed by atoms with van der Waals surface area (Å²) < 4.78 is 5.23. The van der Waals surface area contributed by atoms with Gasteiger partial charge in [-0.3, -0.25) is 0 Å². The molecular formula is C11H17N3O. The number of hydrogen-bond acceptors (Lipinski definition) is 4. The largest absolute Gasteiger partial charge is 0.338 e. The molecular weight excluding hydrogens is 190 g/mol. The van der Waals surface area contributed by atoms with Crippen molar-refractivity contribution in [1.29, 1.82) is 0 Å². The molecule has 2 fully saturated rings. The molecule has 3 rings (SSSR count). The zero-order chi connectivity index (χ0) is 10.1. The van der Waals surface area contributed by atoms with Crippen molar-refractivity contribution in [2.24, 2.45) is 0 Å². The molecule has 15 heavy (non-hydrogen) atoms. The molecule has 0 radical (unpaired) electrons. The molecule has 0 bridgehead atoms. The van der Waals surface area contributed by atoms with E-state index < -0.39 is 0 Å². The Balaban J connectivity index is 1.59. The minimum Gasteiger partial charge on any atom is -0.338 e. The summed E-state index contributed by atoms with van der Waals surface area (Å²) in [6.45, 7) is 0.740. The molecule has 0 unspecified atom stereocenters. The molecule has 0 saturated heterocycles. The Bertz CT molecular complexity index is 326. The van der Waals surface area contributed by atoms with Crippen LogP contribution in [0.15, 0.2) is 4.52 Å². The van der Waals surface area contributed by atoms with E-state index in [-0.39, 0.29) is 0 Å². The van der Waals surface area contributed by atoms with Crippen molar-refractivity contribution < 1.29 is 4.52 Å². The van der Waals surface area contributed by atoms with Crippen molar-refractivity contribution >= 4 is 0 Å². The van der Waals surface area contributed by atoms with E-state index in [0.717, 1.165) is 18.3 Å². The molecule has 1 heterocycles. The van der Waals surface area contributed by atoms with Crippen molar-refractivity contribution in [3.8, 4) is 0 Å². The summed E-state index contributed by atoms with van der Waals surface area (Å²) in [7, 11) is 0. The van der Waals surface area contributed by atoms with Gasteiger partial charge in [0.05, 0.1) is 6.54 Å². The van der Waals surface area contributed by atoms with E-state index in [2.05, 4.69) is 15.5 Å². The molecule has 0 spiro atoms. The molecule has 1 N–H and O–H groups in total. The molecule has 1 aromatic heterocycles. The van der Waals surface area contributed by atoms with Gasteiger partial charge in [0.25, 0.3) is 0 Å². The molecule has 4 heteroatoms. The molecule has 82 valence electrons. The van der Waals surface area contributed by atoms with Gasteiger partial charge in [0.1, 0.15) is 0 Å². The summed E-state index contributed by atoms with van der Waals surface area (Å²) in [4.78, 5) is 4.45. The van der Waals surface area contributed by atoms with E-state index in [0.29, 0.717) is 12.0 Å². The maximum absolute atomic E-state index is 5.23. The van der Waals surface area contributed by atoms with Crippen molar-refractivity contribution in [3.63, 3.8) is 0 Å². The minimum atomic E-state index is 0.559. The average molecular weight is 207 g/mol. The Labute approximate surface area is 89.4 Å². The number of aromatic nitrogens is 2. The van der Waals surface area contributed by atoms with Gasteiger partial charge in [0.2, 0.25) is 5.89 Å². The fraction of sp³-hybridized carbons (Fsp3) is 0.818. The van der Waals surface area contributed by atoms with Crippen LogP contribution < -0.4 is 5.32 Å². The third kappa shape index (κ3) is 2.20. The third-order valence-electron chi connectivity index (χ3n) is 3.32. The van der Waals surface area contributed by atoms with Gasteiger partial charge >= 0.3 is 0 Å². The van der Waals surface area contributed by atoms with E-state index in [4.69, 9.17) is 4.52 Å². The highest BCUT2D eigenvalue weighted by molar-refractivity contribution is 4.98. The van der Waals surface area contributed by atoms with Crippen LogP contribution in [0.4, 0.5) is 0 Å². The van der Waals surface area contributed by atoms with E-state index in [1.807, 2.05) is 0 Å². The predicted octanol–water partition coefficient (Wildman–Crippen LogP) is 1.98. The molecule has 1 aromatic rings. The number of nitrogens with one attached hydrogen (secondary N) is 1. The van der Waals surface area contributed by atoms with Gasteiger partial charge < -0.3 is 9.84 Å². The fourth-order valence-corrected chi connectivity index (χ4v) is 2.21. The number of nitrogens with zero attached hydrogens (tertiary/aromatic N) is 2. The Morgan fingerprint density at radius 2 is 2.00 bits per heavy atom. The van der Waals surface area contributed by atoms with Gasteiger partial charge in [-0.05, 0) is 25.7 Å². The maximum Gasteiger partial charge on any atom is 0.240 e. The fourth-order valence-electron chi connectivity index (χ4n) is 2.21. The van der Waals surface area contributed by atoms with Gasteiger partial charge in [-0.1, -0.05) is 18.0 Å². The Hall–Kier alpha value is -0.900. The van der Waals surface area contributed by atoms with Crippen LogP contribution in [-0.2, 0) is 6.54 Å². The molecule has 4 nitrogen and oxygen atoms in total. The highest BCUT2D eigenvalue weighted by atomic mass is 16.5. The van der Waals surface area contributed by atoms with Crippen molar-refractivity contribution in [3.05, 3.63) is 11.7 Å². The van der Waals surface area contributed by atoms with Crippen molar-refractivity contribution in [2.75, 3.05) is 0 Å². The Morgan fingerprint density at radius 1 is 1.20 bits per heavy atom. The van der Waals surface area contributed by atoms with Crippen molar-refractivity contribution in [1.82, 2.24) is 15.5 Å². The lowest BCUT2D eigenvalue weighted by Crippen LogP contribution is -2.15. The molecule has 0 amide bonds. The Kier molecular flexibility index (Phi) is 2.44. The van der Waals surface area contributed by atoms with E-state index in [9.17, 15) is 0 Å². The molecule has 2 aliphatic rings. The lowest BCUT2D eigenvalue weighted by Gasteiger charge is -1.99. The van der Waals surface area contributed by atoms with Gasteiger partial charge in [-0.25, -0.2) is 0 Å². The molecule has 0 aliphatic heterocycles. The number of hydrogen-bond donors (Lipinski definition) is 1. The smallest absolute Gasteiger partial charge is 0.240 e. The van der Waals surface area contributed by atoms with E-state index >= 15 is 0 Å². The van der Waals surface area contributed by atoms with Gasteiger partial charge in [-0.2, -0.15) is 4.98 Å². The van der Waals surface area contributed by atoms with Crippen LogP contribution in [-0.4, -0.2) is 16.2 Å². The first-order chi connectivity index (χ1) is 7.42. The lowest BCUT2D eigenvalue weighted by atomic mass is 10.1. The summed E-state index contributed by atoms with van der Waals surface area (Å²) in [5.41, 5.74) is 0. The zero-order valence-corrected chi connectivity index (χ0v) is 8.91. The average Bonchev–Trinajstić information content (AvgIpc) is 2.78. The maximum atomic E-state index is 5.23. The van der Waals surface area contributed by atoms with Gasteiger partial charge in [-0.15, -0.1) is 0 Å². The summed E-state index contributed by atoms with van der Waals surface area (Å²) in [5.74, 6) is 2.24. The monoisotopic (exact) mass is 207 g/mol. The summed E-state index contributed by atoms with van der Waals surface area (Å²) in [6, 6.07) is 0.701. The second-order valence-electron chi connectivity index (χ2n) is 4.68. The number of rotatable bonds is 4.